The van der Waals surface area contributed by atoms with E-state index in [-0.39, 0.29) is 41.1 Å². The number of anilines is 1. The Morgan fingerprint density at radius 1 is 1.03 bits per heavy atom. The number of hydrogen-bond acceptors (Lipinski definition) is 8. The minimum atomic E-state index is -0.654. The Hall–Kier alpha value is -3.53. The fourth-order valence-electron chi connectivity index (χ4n) is 4.48. The first kappa shape index (κ1) is 25.6. The normalized spacial score (nSPS) is 15.6. The molecule has 0 radical (unpaired) electrons. The lowest BCUT2D eigenvalue weighted by Gasteiger charge is -2.21. The van der Waals surface area contributed by atoms with Gasteiger partial charge >= 0.3 is 11.9 Å². The number of esters is 2. The molecule has 0 saturated heterocycles. The average Bonchev–Trinajstić information content (AvgIpc) is 3.32. The number of carbonyl (C=O) groups excluding carboxylic acids is 5. The van der Waals surface area contributed by atoms with Gasteiger partial charge in [-0.2, -0.15) is 0 Å². The SMILES string of the molecule is CCOC(=O)c1c(NC(=O)CCN2C(=O)c3ccccc3C2=O)sc(C(=O)OC2CCCCC2)c1C. The minimum Gasteiger partial charge on any atom is -0.462 e. The predicted octanol–water partition coefficient (Wildman–Crippen LogP) is 4.35. The first-order chi connectivity index (χ1) is 17.3. The molecular weight excluding hydrogens is 484 g/mol. The van der Waals surface area contributed by atoms with Crippen LogP contribution in [0, 0.1) is 6.92 Å². The number of thiophene rings is 1. The van der Waals surface area contributed by atoms with Crippen molar-refractivity contribution in [2.24, 2.45) is 0 Å². The van der Waals surface area contributed by atoms with Crippen LogP contribution in [0.1, 0.15) is 91.8 Å². The van der Waals surface area contributed by atoms with E-state index in [1.165, 1.54) is 0 Å². The third-order valence-corrected chi connectivity index (χ3v) is 7.52. The summed E-state index contributed by atoms with van der Waals surface area (Å²) < 4.78 is 10.8. The molecule has 3 amide bonds. The molecule has 1 aliphatic heterocycles. The second-order valence-corrected chi connectivity index (χ2v) is 9.77. The molecule has 2 aromatic rings. The van der Waals surface area contributed by atoms with Gasteiger partial charge in [-0.1, -0.05) is 18.6 Å². The molecular formula is C26H28N2O7S. The van der Waals surface area contributed by atoms with Crippen LogP contribution >= 0.6 is 11.3 Å². The largest absolute Gasteiger partial charge is 0.462 e. The van der Waals surface area contributed by atoms with Crippen molar-refractivity contribution in [1.82, 2.24) is 4.90 Å². The highest BCUT2D eigenvalue weighted by atomic mass is 32.1. The zero-order valence-corrected chi connectivity index (χ0v) is 21.1. The Morgan fingerprint density at radius 3 is 2.28 bits per heavy atom. The van der Waals surface area contributed by atoms with Crippen molar-refractivity contribution < 1.29 is 33.4 Å². The number of nitrogens with zero attached hydrogens (tertiary/aromatic N) is 1. The van der Waals surface area contributed by atoms with Crippen molar-refractivity contribution in [3.63, 3.8) is 0 Å². The van der Waals surface area contributed by atoms with Gasteiger partial charge < -0.3 is 14.8 Å². The highest BCUT2D eigenvalue weighted by Gasteiger charge is 2.35. The van der Waals surface area contributed by atoms with Crippen molar-refractivity contribution in [2.45, 2.75) is 58.5 Å². The minimum absolute atomic E-state index is 0.103. The molecule has 2 heterocycles. The van der Waals surface area contributed by atoms with Crippen LogP contribution in [-0.4, -0.2) is 53.8 Å². The second kappa shape index (κ2) is 11.0. The van der Waals surface area contributed by atoms with E-state index in [4.69, 9.17) is 9.47 Å². The number of benzene rings is 1. The van der Waals surface area contributed by atoms with Gasteiger partial charge in [0.05, 0.1) is 23.3 Å². The summed E-state index contributed by atoms with van der Waals surface area (Å²) >= 11 is 0.960. The van der Waals surface area contributed by atoms with Crippen LogP contribution in [0.3, 0.4) is 0 Å². The second-order valence-electron chi connectivity index (χ2n) is 8.75. The number of ether oxygens (including phenoxy) is 2. The van der Waals surface area contributed by atoms with Gasteiger partial charge in [0, 0.05) is 13.0 Å². The summed E-state index contributed by atoms with van der Waals surface area (Å²) in [6, 6.07) is 6.49. The van der Waals surface area contributed by atoms with Crippen LogP contribution in [0.4, 0.5) is 5.00 Å². The van der Waals surface area contributed by atoms with E-state index in [0.29, 0.717) is 16.7 Å². The standard InChI is InChI=1S/C26H28N2O7S/c1-3-34-25(32)20-15(2)21(26(33)35-16-9-5-4-6-10-16)36-22(20)27-19(29)13-14-28-23(30)17-11-7-8-12-18(17)24(28)31/h7-8,11-12,16H,3-6,9-10,13-14H2,1-2H3,(H,27,29). The number of imide groups is 1. The van der Waals surface area contributed by atoms with Crippen LogP contribution < -0.4 is 5.32 Å². The van der Waals surface area contributed by atoms with Crippen molar-refractivity contribution in [1.29, 1.82) is 0 Å². The molecule has 1 N–H and O–H groups in total. The maximum atomic E-state index is 12.9. The molecule has 4 rings (SSSR count). The molecule has 36 heavy (non-hydrogen) atoms. The summed E-state index contributed by atoms with van der Waals surface area (Å²) in [5.74, 6) is -2.59. The smallest absolute Gasteiger partial charge is 0.348 e. The van der Waals surface area contributed by atoms with E-state index >= 15 is 0 Å². The topological polar surface area (TPSA) is 119 Å². The van der Waals surface area contributed by atoms with Gasteiger partial charge in [0.15, 0.2) is 0 Å². The van der Waals surface area contributed by atoms with Crippen molar-refractivity contribution >= 4 is 46.0 Å². The maximum absolute atomic E-state index is 12.9. The Morgan fingerprint density at radius 2 is 1.67 bits per heavy atom. The summed E-state index contributed by atoms with van der Waals surface area (Å²) in [7, 11) is 0. The van der Waals surface area contributed by atoms with Gasteiger partial charge in [-0.05, 0) is 57.2 Å². The summed E-state index contributed by atoms with van der Waals surface area (Å²) in [4.78, 5) is 64.7. The predicted molar refractivity (Wildman–Crippen MR) is 132 cm³/mol. The van der Waals surface area contributed by atoms with E-state index < -0.39 is 29.7 Å². The fraction of sp³-hybridized carbons (Fsp3) is 0.423. The van der Waals surface area contributed by atoms with Crippen LogP contribution in [0.15, 0.2) is 24.3 Å². The molecule has 1 fully saturated rings. The van der Waals surface area contributed by atoms with Gasteiger partial charge in [0.1, 0.15) is 16.0 Å². The van der Waals surface area contributed by atoms with Crippen LogP contribution in [-0.2, 0) is 14.3 Å². The van der Waals surface area contributed by atoms with Gasteiger partial charge in [-0.3, -0.25) is 19.3 Å². The number of fused-ring (bicyclic) bond motifs is 1. The van der Waals surface area contributed by atoms with Gasteiger partial charge in [0.2, 0.25) is 5.91 Å². The Labute approximate surface area is 212 Å². The first-order valence-electron chi connectivity index (χ1n) is 12.1. The monoisotopic (exact) mass is 512 g/mol. The maximum Gasteiger partial charge on any atom is 0.348 e. The number of carbonyl (C=O) groups is 5. The third kappa shape index (κ3) is 5.18. The van der Waals surface area contributed by atoms with Crippen LogP contribution in [0.25, 0.3) is 0 Å². The van der Waals surface area contributed by atoms with Gasteiger partial charge in [0.25, 0.3) is 11.8 Å². The third-order valence-electron chi connectivity index (χ3n) is 6.33. The van der Waals surface area contributed by atoms with Crippen LogP contribution in [0.2, 0.25) is 0 Å². The molecule has 0 atom stereocenters. The van der Waals surface area contributed by atoms with E-state index in [1.54, 1.807) is 38.1 Å². The van der Waals surface area contributed by atoms with E-state index in [9.17, 15) is 24.0 Å². The molecule has 1 aromatic heterocycles. The van der Waals surface area contributed by atoms with Gasteiger partial charge in [-0.25, -0.2) is 9.59 Å². The highest BCUT2D eigenvalue weighted by Crippen LogP contribution is 2.35. The molecule has 1 saturated carbocycles. The summed E-state index contributed by atoms with van der Waals surface area (Å²) in [5.41, 5.74) is 1.10. The molecule has 9 nitrogen and oxygen atoms in total. The summed E-state index contributed by atoms with van der Waals surface area (Å²) in [6.07, 6.45) is 4.41. The molecule has 0 unspecified atom stereocenters. The zero-order chi connectivity index (χ0) is 25.8. The highest BCUT2D eigenvalue weighted by molar-refractivity contribution is 7.18. The van der Waals surface area contributed by atoms with Crippen molar-refractivity contribution in [2.75, 3.05) is 18.5 Å². The lowest BCUT2D eigenvalue weighted by molar-refractivity contribution is -0.116. The Balaban J connectivity index is 1.47. The van der Waals surface area contributed by atoms with Crippen molar-refractivity contribution in [3.8, 4) is 0 Å². The molecule has 190 valence electrons. The van der Waals surface area contributed by atoms with E-state index in [1.807, 2.05) is 0 Å². The molecule has 10 heteroatoms. The number of hydrogen-bond donors (Lipinski definition) is 1. The fourth-order valence-corrected chi connectivity index (χ4v) is 5.57. The molecule has 0 bridgehead atoms. The number of amides is 3. The van der Waals surface area contributed by atoms with Gasteiger partial charge in [-0.15, -0.1) is 11.3 Å². The first-order valence-corrected chi connectivity index (χ1v) is 12.9. The Kier molecular flexibility index (Phi) is 7.83. The molecule has 2 aliphatic rings. The zero-order valence-electron chi connectivity index (χ0n) is 20.3. The Bertz CT molecular complexity index is 1180. The molecule has 1 aromatic carbocycles. The lowest BCUT2D eigenvalue weighted by Crippen LogP contribution is -2.32. The van der Waals surface area contributed by atoms with E-state index in [0.717, 1.165) is 48.3 Å². The van der Waals surface area contributed by atoms with Crippen LogP contribution in [0.5, 0.6) is 0 Å². The number of rotatable bonds is 8. The quantitative estimate of drug-likeness (QED) is 0.413. The summed E-state index contributed by atoms with van der Waals surface area (Å²) in [5, 5.41) is 2.84. The lowest BCUT2D eigenvalue weighted by atomic mass is 9.98. The van der Waals surface area contributed by atoms with Crippen molar-refractivity contribution in [3.05, 3.63) is 51.4 Å². The van der Waals surface area contributed by atoms with E-state index in [2.05, 4.69) is 5.32 Å². The molecule has 0 spiro atoms. The summed E-state index contributed by atoms with van der Waals surface area (Å²) in [6.45, 7) is 3.30. The number of nitrogens with one attached hydrogen (secondary N) is 1. The molecule has 1 aliphatic carbocycles. The average molecular weight is 513 g/mol.